The van der Waals surface area contributed by atoms with Gasteiger partial charge in [0, 0.05) is 13.6 Å². The van der Waals surface area contributed by atoms with Crippen molar-refractivity contribution in [2.45, 2.75) is 19.2 Å². The van der Waals surface area contributed by atoms with Crippen LogP contribution in [0.4, 0.5) is 0 Å². The van der Waals surface area contributed by atoms with E-state index < -0.39 is 10.0 Å². The van der Waals surface area contributed by atoms with Crippen molar-refractivity contribution in [2.75, 3.05) is 20.2 Å². The van der Waals surface area contributed by atoms with E-state index in [9.17, 15) is 13.2 Å². The first-order valence-electron chi connectivity index (χ1n) is 8.36. The van der Waals surface area contributed by atoms with Crippen molar-refractivity contribution in [2.24, 2.45) is 0 Å². The van der Waals surface area contributed by atoms with E-state index in [1.54, 1.807) is 31.3 Å². The molecular formula is C19H24N2O4S. The standard InChI is InChI=1S/C19H24N2O4S/c1-3-25-18-11-9-17(10-12-18)15-26(23,24)20-13-19(22)21(2)14-16-7-5-4-6-8-16/h4-12,20H,3,13-15H2,1-2H3. The number of hydrogen-bond donors (Lipinski definition) is 1. The fourth-order valence-corrected chi connectivity index (χ4v) is 3.45. The van der Waals surface area contributed by atoms with Gasteiger partial charge in [-0.15, -0.1) is 0 Å². The van der Waals surface area contributed by atoms with Crippen molar-refractivity contribution in [3.05, 3.63) is 65.7 Å². The highest BCUT2D eigenvalue weighted by Gasteiger charge is 2.16. The summed E-state index contributed by atoms with van der Waals surface area (Å²) in [5.74, 6) is 0.221. The summed E-state index contributed by atoms with van der Waals surface area (Å²) in [6.07, 6.45) is 0. The largest absolute Gasteiger partial charge is 0.494 e. The fourth-order valence-electron chi connectivity index (χ4n) is 2.37. The van der Waals surface area contributed by atoms with Crippen LogP contribution in [-0.2, 0) is 27.1 Å². The molecule has 0 aromatic heterocycles. The molecule has 0 saturated heterocycles. The number of benzene rings is 2. The lowest BCUT2D eigenvalue weighted by Gasteiger charge is -2.17. The number of amides is 1. The molecule has 0 aliphatic rings. The summed E-state index contributed by atoms with van der Waals surface area (Å²) in [6, 6.07) is 16.4. The maximum Gasteiger partial charge on any atom is 0.237 e. The predicted molar refractivity (Wildman–Crippen MR) is 101 cm³/mol. The first-order chi connectivity index (χ1) is 12.4. The lowest BCUT2D eigenvalue weighted by Crippen LogP contribution is -2.38. The number of nitrogens with one attached hydrogen (secondary N) is 1. The van der Waals surface area contributed by atoms with Crippen LogP contribution in [0, 0.1) is 0 Å². The molecule has 26 heavy (non-hydrogen) atoms. The third-order valence-electron chi connectivity index (χ3n) is 3.72. The van der Waals surface area contributed by atoms with Crippen LogP contribution in [0.2, 0.25) is 0 Å². The number of carbonyl (C=O) groups is 1. The zero-order chi connectivity index (χ0) is 19.0. The van der Waals surface area contributed by atoms with E-state index in [2.05, 4.69) is 4.72 Å². The number of hydrogen-bond acceptors (Lipinski definition) is 4. The quantitative estimate of drug-likeness (QED) is 0.728. The number of ether oxygens (including phenoxy) is 1. The van der Waals surface area contributed by atoms with Gasteiger partial charge in [-0.05, 0) is 30.2 Å². The highest BCUT2D eigenvalue weighted by atomic mass is 32.2. The molecular weight excluding hydrogens is 352 g/mol. The molecule has 0 unspecified atom stereocenters. The van der Waals surface area contributed by atoms with Crippen molar-refractivity contribution >= 4 is 15.9 Å². The van der Waals surface area contributed by atoms with Crippen molar-refractivity contribution in [3.63, 3.8) is 0 Å². The molecule has 0 heterocycles. The number of nitrogens with zero attached hydrogens (tertiary/aromatic N) is 1. The monoisotopic (exact) mass is 376 g/mol. The number of rotatable bonds is 9. The van der Waals surface area contributed by atoms with Gasteiger partial charge < -0.3 is 9.64 Å². The van der Waals surface area contributed by atoms with E-state index in [0.717, 1.165) is 5.56 Å². The normalized spacial score (nSPS) is 11.2. The third-order valence-corrected chi connectivity index (χ3v) is 5.02. The van der Waals surface area contributed by atoms with E-state index in [4.69, 9.17) is 4.74 Å². The Labute approximate surface area is 154 Å². The molecule has 2 rings (SSSR count). The summed E-state index contributed by atoms with van der Waals surface area (Å²) in [5.41, 5.74) is 1.62. The summed E-state index contributed by atoms with van der Waals surface area (Å²) in [7, 11) is -1.95. The number of carbonyl (C=O) groups excluding carboxylic acids is 1. The zero-order valence-corrected chi connectivity index (χ0v) is 15.8. The number of sulfonamides is 1. The summed E-state index contributed by atoms with van der Waals surface area (Å²) < 4.78 is 32.1. The van der Waals surface area contributed by atoms with Crippen LogP contribution in [0.5, 0.6) is 5.75 Å². The number of likely N-dealkylation sites (N-methyl/N-ethyl adjacent to an activating group) is 1. The second kappa shape index (κ2) is 9.35. The van der Waals surface area contributed by atoms with Gasteiger partial charge in [-0.1, -0.05) is 42.5 Å². The Hall–Kier alpha value is -2.38. The van der Waals surface area contributed by atoms with E-state index in [1.807, 2.05) is 37.3 Å². The van der Waals surface area contributed by atoms with Gasteiger partial charge in [0.15, 0.2) is 0 Å². The predicted octanol–water partition coefficient (Wildman–Crippen LogP) is 2.16. The van der Waals surface area contributed by atoms with Gasteiger partial charge in [0.25, 0.3) is 0 Å². The average molecular weight is 376 g/mol. The molecule has 1 amide bonds. The highest BCUT2D eigenvalue weighted by Crippen LogP contribution is 2.13. The third kappa shape index (κ3) is 6.50. The lowest BCUT2D eigenvalue weighted by molar-refractivity contribution is -0.129. The van der Waals surface area contributed by atoms with Crippen LogP contribution >= 0.6 is 0 Å². The van der Waals surface area contributed by atoms with Crippen LogP contribution in [0.3, 0.4) is 0 Å². The van der Waals surface area contributed by atoms with E-state index in [-0.39, 0.29) is 18.2 Å². The molecule has 140 valence electrons. The minimum absolute atomic E-state index is 0.185. The maximum absolute atomic E-state index is 12.2. The van der Waals surface area contributed by atoms with Crippen LogP contribution in [0.15, 0.2) is 54.6 Å². The Balaban J connectivity index is 1.85. The van der Waals surface area contributed by atoms with Gasteiger partial charge in [-0.25, -0.2) is 13.1 Å². The van der Waals surface area contributed by atoms with Gasteiger partial charge in [0.1, 0.15) is 5.75 Å². The molecule has 0 saturated carbocycles. The van der Waals surface area contributed by atoms with Gasteiger partial charge in [-0.2, -0.15) is 0 Å². The second-order valence-electron chi connectivity index (χ2n) is 5.89. The topological polar surface area (TPSA) is 75.7 Å². The molecule has 0 atom stereocenters. The minimum atomic E-state index is -3.60. The van der Waals surface area contributed by atoms with Gasteiger partial charge in [-0.3, -0.25) is 4.79 Å². The van der Waals surface area contributed by atoms with Gasteiger partial charge >= 0.3 is 0 Å². The summed E-state index contributed by atoms with van der Waals surface area (Å²) in [5, 5.41) is 0. The molecule has 0 spiro atoms. The lowest BCUT2D eigenvalue weighted by atomic mass is 10.2. The van der Waals surface area contributed by atoms with Crippen LogP contribution in [0.1, 0.15) is 18.1 Å². The van der Waals surface area contributed by atoms with Crippen molar-refractivity contribution in [3.8, 4) is 5.75 Å². The van der Waals surface area contributed by atoms with Crippen LogP contribution < -0.4 is 9.46 Å². The maximum atomic E-state index is 12.2. The van der Waals surface area contributed by atoms with E-state index in [0.29, 0.717) is 24.5 Å². The Bertz CT molecular complexity index is 805. The van der Waals surface area contributed by atoms with Crippen molar-refractivity contribution in [1.82, 2.24) is 9.62 Å². The molecule has 0 bridgehead atoms. The summed E-state index contributed by atoms with van der Waals surface area (Å²) >= 11 is 0. The Morgan fingerprint density at radius 1 is 1.04 bits per heavy atom. The fraction of sp³-hybridized carbons (Fsp3) is 0.316. The molecule has 7 heteroatoms. The Kier molecular flexibility index (Phi) is 7.17. The molecule has 0 aliphatic heterocycles. The first-order valence-corrected chi connectivity index (χ1v) is 10.0. The van der Waals surface area contributed by atoms with E-state index >= 15 is 0 Å². The second-order valence-corrected chi connectivity index (χ2v) is 7.70. The highest BCUT2D eigenvalue weighted by molar-refractivity contribution is 7.88. The molecule has 1 N–H and O–H groups in total. The van der Waals surface area contributed by atoms with Gasteiger partial charge in [0.2, 0.25) is 15.9 Å². The van der Waals surface area contributed by atoms with E-state index in [1.165, 1.54) is 4.90 Å². The zero-order valence-electron chi connectivity index (χ0n) is 15.0. The minimum Gasteiger partial charge on any atom is -0.494 e. The SMILES string of the molecule is CCOc1ccc(CS(=O)(=O)NCC(=O)N(C)Cc2ccccc2)cc1. The Morgan fingerprint density at radius 2 is 1.69 bits per heavy atom. The molecule has 6 nitrogen and oxygen atoms in total. The van der Waals surface area contributed by atoms with Crippen molar-refractivity contribution < 1.29 is 17.9 Å². The van der Waals surface area contributed by atoms with Crippen LogP contribution in [-0.4, -0.2) is 39.4 Å². The summed E-state index contributed by atoms with van der Waals surface area (Å²) in [6.45, 7) is 2.61. The molecule has 0 radical (unpaired) electrons. The Morgan fingerprint density at radius 3 is 2.31 bits per heavy atom. The average Bonchev–Trinajstić information content (AvgIpc) is 2.62. The van der Waals surface area contributed by atoms with Crippen LogP contribution in [0.25, 0.3) is 0 Å². The van der Waals surface area contributed by atoms with Crippen molar-refractivity contribution in [1.29, 1.82) is 0 Å². The first kappa shape index (κ1) is 19.9. The smallest absolute Gasteiger partial charge is 0.237 e. The molecule has 2 aromatic carbocycles. The molecule has 0 aliphatic carbocycles. The summed E-state index contributed by atoms with van der Waals surface area (Å²) in [4.78, 5) is 13.6. The molecule has 0 fully saturated rings. The molecule has 2 aromatic rings. The van der Waals surface area contributed by atoms with Gasteiger partial charge in [0.05, 0.1) is 18.9 Å².